The predicted molar refractivity (Wildman–Crippen MR) is 128 cm³/mol. The fourth-order valence-corrected chi connectivity index (χ4v) is 4.17. The number of rotatable bonds is 10. The summed E-state index contributed by atoms with van der Waals surface area (Å²) in [6, 6.07) is -7.94. The maximum atomic E-state index is 14.5. The summed E-state index contributed by atoms with van der Waals surface area (Å²) in [6.07, 6.45) is -12.6. The minimum absolute atomic E-state index is 0.190. The Bertz CT molecular complexity index is 1920. The zero-order valence-electron chi connectivity index (χ0n) is 34.7. The highest BCUT2D eigenvalue weighted by Crippen LogP contribution is 2.44. The van der Waals surface area contributed by atoms with Crippen LogP contribution in [0.2, 0.25) is 0 Å². The molecule has 0 amide bonds. The van der Waals surface area contributed by atoms with E-state index in [-0.39, 0.29) is 11.8 Å². The normalized spacial score (nSPS) is 39.9. The van der Waals surface area contributed by atoms with Crippen molar-refractivity contribution in [2.75, 3.05) is 24.1 Å². The lowest BCUT2D eigenvalue weighted by atomic mass is 10.1. The molecule has 2 aliphatic rings. The van der Waals surface area contributed by atoms with Crippen molar-refractivity contribution in [3.63, 3.8) is 0 Å². The lowest BCUT2D eigenvalue weighted by Crippen LogP contribution is -2.33. The molecule has 2 heterocycles. The quantitative estimate of drug-likeness (QED) is 0.224. The van der Waals surface area contributed by atoms with E-state index in [1.807, 2.05) is 0 Å². The minimum atomic E-state index is -3.58. The van der Waals surface area contributed by atoms with Crippen LogP contribution < -0.4 is 5.32 Å². The van der Waals surface area contributed by atoms with Crippen LogP contribution in [0, 0.1) is 11.6 Å². The first-order chi connectivity index (χ1) is 23.8. The second kappa shape index (κ2) is 10.5. The molecule has 0 aliphatic heterocycles. The second-order valence-corrected chi connectivity index (χ2v) is 8.35. The number of aliphatic hydroxyl groups is 3. The van der Waals surface area contributed by atoms with Crippen molar-refractivity contribution in [3.05, 3.63) is 35.3 Å². The Morgan fingerprint density at radius 1 is 1.36 bits per heavy atom. The van der Waals surface area contributed by atoms with E-state index in [0.29, 0.717) is 0 Å². The number of anilines is 1. The molecule has 2 fully saturated rings. The number of aliphatic hydroxyl groups excluding tert-OH is 2. The first-order valence-electron chi connectivity index (χ1n) is 18.6. The van der Waals surface area contributed by atoms with Gasteiger partial charge in [-0.05, 0) is 30.4 Å². The van der Waals surface area contributed by atoms with Gasteiger partial charge in [0.1, 0.15) is 12.2 Å². The number of thioether (sulfide) groups is 1. The average molecular weight is 540 g/mol. The Labute approximate surface area is 234 Å². The maximum absolute atomic E-state index is 14.5. The van der Waals surface area contributed by atoms with Gasteiger partial charge in [0.15, 0.2) is 33.8 Å². The number of ether oxygens (including phenoxy) is 1. The Morgan fingerprint density at radius 3 is 3.03 bits per heavy atom. The molecule has 194 valence electrons. The van der Waals surface area contributed by atoms with Gasteiger partial charge in [-0.25, -0.2) is 23.4 Å². The Hall–Kier alpha value is -2.45. The highest BCUT2D eigenvalue weighted by atomic mass is 32.2. The van der Waals surface area contributed by atoms with Gasteiger partial charge >= 0.3 is 0 Å². The number of benzene rings is 1. The van der Waals surface area contributed by atoms with E-state index in [0.717, 1.165) is 4.68 Å². The summed E-state index contributed by atoms with van der Waals surface area (Å²) in [5.41, 5.74) is -5.26. The summed E-state index contributed by atoms with van der Waals surface area (Å²) >= 11 is -0.190. The first kappa shape index (κ1) is 11.9. The van der Waals surface area contributed by atoms with Crippen LogP contribution in [-0.4, -0.2) is 83.4 Å². The number of fused-ring (bicyclic) bond motifs is 1. The lowest BCUT2D eigenvalue weighted by Gasteiger charge is -2.17. The second-order valence-electron chi connectivity index (χ2n) is 7.58. The Balaban J connectivity index is 1.63. The summed E-state index contributed by atoms with van der Waals surface area (Å²) in [5, 5.41) is 40.3. The molecule has 5 rings (SSSR count). The van der Waals surface area contributed by atoms with Crippen LogP contribution in [0.25, 0.3) is 11.2 Å². The molecule has 0 spiro atoms. The minimum Gasteiger partial charge on any atom is -0.394 e. The summed E-state index contributed by atoms with van der Waals surface area (Å²) < 4.78 is 169. The van der Waals surface area contributed by atoms with Gasteiger partial charge in [-0.3, -0.25) is 0 Å². The first-order valence-corrected chi connectivity index (χ1v) is 11.0. The van der Waals surface area contributed by atoms with Crippen molar-refractivity contribution in [2.45, 2.75) is 67.5 Å². The van der Waals surface area contributed by atoms with Gasteiger partial charge in [0.2, 0.25) is 0 Å². The fourth-order valence-electron chi connectivity index (χ4n) is 3.76. The maximum Gasteiger partial charge on any atom is 0.191 e. The molecule has 2 aromatic heterocycles. The van der Waals surface area contributed by atoms with Crippen molar-refractivity contribution < 1.29 is 52.1 Å². The monoisotopic (exact) mass is 539 g/mol. The number of halogens is 2. The van der Waals surface area contributed by atoms with Crippen molar-refractivity contribution in [1.82, 2.24) is 25.0 Å². The van der Waals surface area contributed by atoms with Crippen LogP contribution in [0.1, 0.15) is 66.8 Å². The summed E-state index contributed by atoms with van der Waals surface area (Å²) in [4.78, 5) is 8.05. The van der Waals surface area contributed by atoms with E-state index in [1.54, 1.807) is 0 Å². The van der Waals surface area contributed by atoms with Gasteiger partial charge < -0.3 is 25.4 Å². The van der Waals surface area contributed by atoms with E-state index in [4.69, 9.17) is 28.0 Å². The predicted octanol–water partition coefficient (Wildman–Crippen LogP) is 2.01. The zero-order chi connectivity index (χ0) is 40.4. The van der Waals surface area contributed by atoms with Crippen LogP contribution in [-0.2, 0) is 4.74 Å². The van der Waals surface area contributed by atoms with Gasteiger partial charge in [0.25, 0.3) is 0 Å². The van der Waals surface area contributed by atoms with Crippen molar-refractivity contribution in [1.29, 1.82) is 0 Å². The molecular formula is C23H28F2N6O4S. The molecule has 6 atom stereocenters. The smallest absolute Gasteiger partial charge is 0.191 e. The number of nitrogens with zero attached hydrogens (tertiary/aromatic N) is 5. The molecule has 0 bridgehead atoms. The Morgan fingerprint density at radius 2 is 2.22 bits per heavy atom. The summed E-state index contributed by atoms with van der Waals surface area (Å²) in [7, 11) is 0. The van der Waals surface area contributed by atoms with Crippen LogP contribution in [0.15, 0.2) is 23.3 Å². The largest absolute Gasteiger partial charge is 0.394 e. The molecule has 13 heteroatoms. The third kappa shape index (κ3) is 4.90. The van der Waals surface area contributed by atoms with Crippen molar-refractivity contribution in [2.24, 2.45) is 0 Å². The highest BCUT2D eigenvalue weighted by Gasteiger charge is 2.45. The third-order valence-corrected chi connectivity index (χ3v) is 6.03. The third-order valence-electron chi connectivity index (χ3n) is 5.46. The number of nitrogens with one attached hydrogen (secondary N) is 1. The number of hydrogen-bond acceptors (Lipinski definition) is 10. The highest BCUT2D eigenvalue weighted by molar-refractivity contribution is 7.99. The van der Waals surface area contributed by atoms with Crippen molar-refractivity contribution in [3.8, 4) is 0 Å². The van der Waals surface area contributed by atoms with E-state index in [9.17, 15) is 24.1 Å². The topological polar surface area (TPSA) is 138 Å². The van der Waals surface area contributed by atoms with E-state index >= 15 is 0 Å². The number of hydrogen-bond donors (Lipinski definition) is 4. The molecule has 2 aliphatic carbocycles. The van der Waals surface area contributed by atoms with E-state index in [2.05, 4.69) is 25.6 Å². The standard InChI is InChI=1S/C23H28F2N6O4S/c1-2-7-36-23-27-21(26-15-9-12(15)11-3-4-13(24)14(25)8-11)18-22(28-23)31(30-29-18)16-10-17(35-6-5-32)20(34)19(16)33/h3-4,8,12,15-17,19-20,32-34H,2,5-7,9-10H2,1H3,(H,26,27,28)/t12?,15-,16+,17-,19-,20+/m0/s1/i1D3,2D2,3D,4D,5D2,6D2,7D2,8D,9D2,15D. The van der Waals surface area contributed by atoms with E-state index < -0.39 is 139 Å². The molecule has 1 unspecified atom stereocenters. The Kier molecular flexibility index (Phi) is 3.48. The van der Waals surface area contributed by atoms with Crippen LogP contribution in [0.5, 0.6) is 0 Å². The van der Waals surface area contributed by atoms with E-state index in [1.165, 1.54) is 0 Å². The molecule has 1 aromatic carbocycles. The van der Waals surface area contributed by atoms with Gasteiger partial charge in [-0.1, -0.05) is 29.9 Å². The number of aromatic nitrogens is 5. The molecule has 10 nitrogen and oxygen atoms in total. The van der Waals surface area contributed by atoms with Crippen LogP contribution >= 0.6 is 11.8 Å². The molecule has 3 aromatic rings. The van der Waals surface area contributed by atoms with Crippen LogP contribution in [0.3, 0.4) is 0 Å². The molecular weight excluding hydrogens is 494 g/mol. The van der Waals surface area contributed by atoms with Gasteiger partial charge in [-0.2, -0.15) is 0 Å². The fraction of sp³-hybridized carbons (Fsp3) is 0.565. The lowest BCUT2D eigenvalue weighted by molar-refractivity contribution is -0.0629. The SMILES string of the molecule is [2H]c1c([2H])c(C2C([2H])([2H])[C@]2([2H])Nc2nc(SC([2H])([2H])C([2H])([2H])C([2H])([2H])[2H])nc3c2nnn3[C@@H]2C[C@H](OC([2H])([2H])C([2H])([2H])O)[C@@H](O)[C@H]2O)c([2H])c(F)c1F. The van der Waals surface area contributed by atoms with Gasteiger partial charge in [-0.15, -0.1) is 5.10 Å². The zero-order valence-corrected chi connectivity index (χ0v) is 18.6. The molecule has 0 saturated heterocycles. The molecule has 0 radical (unpaired) electrons. The van der Waals surface area contributed by atoms with Crippen molar-refractivity contribution >= 4 is 28.7 Å². The molecule has 36 heavy (non-hydrogen) atoms. The molecule has 2 saturated carbocycles. The summed E-state index contributed by atoms with van der Waals surface area (Å²) in [6.45, 7) is -10.5. The van der Waals surface area contributed by atoms with Gasteiger partial charge in [0.05, 0.1) is 36.2 Å². The van der Waals surface area contributed by atoms with Crippen LogP contribution in [0.4, 0.5) is 14.6 Å². The molecule has 4 N–H and O–H groups in total. The summed E-state index contributed by atoms with van der Waals surface area (Å²) in [5.74, 6) is -6.40. The van der Waals surface area contributed by atoms with Gasteiger partial charge in [0, 0.05) is 36.4 Å². The average Bonchev–Trinajstić information content (AvgIpc) is 3.30.